The molecule has 1 heterocycles. The lowest BCUT2D eigenvalue weighted by Crippen LogP contribution is -2.36. The lowest BCUT2D eigenvalue weighted by Gasteiger charge is -2.19. The third-order valence-corrected chi connectivity index (χ3v) is 5.01. The zero-order valence-electron chi connectivity index (χ0n) is 17.2. The maximum atomic E-state index is 13.0. The molecule has 0 aliphatic heterocycles. The Balaban J connectivity index is 1.77. The van der Waals surface area contributed by atoms with Crippen LogP contribution >= 0.6 is 0 Å². The molecule has 5 heteroatoms. The van der Waals surface area contributed by atoms with E-state index in [1.54, 1.807) is 7.05 Å². The van der Waals surface area contributed by atoms with Gasteiger partial charge in [0.25, 0.3) is 5.91 Å². The predicted octanol–water partition coefficient (Wildman–Crippen LogP) is 4.30. The van der Waals surface area contributed by atoms with Gasteiger partial charge in [-0.25, -0.2) is 0 Å². The maximum Gasteiger partial charge on any atom is 0.270 e. The van der Waals surface area contributed by atoms with Crippen LogP contribution in [-0.4, -0.2) is 34.9 Å². The van der Waals surface area contributed by atoms with Crippen molar-refractivity contribution in [1.29, 1.82) is 0 Å². The number of carbonyl (C=O) groups is 2. The number of anilines is 1. The molecule has 2 amide bonds. The second kappa shape index (κ2) is 7.89. The lowest BCUT2D eigenvalue weighted by molar-refractivity contribution is -0.116. The minimum absolute atomic E-state index is 0.00315. The van der Waals surface area contributed by atoms with Crippen LogP contribution < -0.4 is 5.32 Å². The van der Waals surface area contributed by atoms with Gasteiger partial charge in [0, 0.05) is 30.2 Å². The molecule has 146 valence electrons. The van der Waals surface area contributed by atoms with Crippen molar-refractivity contribution in [3.8, 4) is 0 Å². The van der Waals surface area contributed by atoms with Gasteiger partial charge in [-0.1, -0.05) is 35.9 Å². The molecule has 0 atom stereocenters. The fourth-order valence-electron chi connectivity index (χ4n) is 3.77. The van der Waals surface area contributed by atoms with E-state index in [4.69, 9.17) is 0 Å². The van der Waals surface area contributed by atoms with Crippen LogP contribution in [0.4, 0.5) is 5.69 Å². The summed E-state index contributed by atoms with van der Waals surface area (Å²) in [5.41, 5.74) is 5.64. The van der Waals surface area contributed by atoms with Gasteiger partial charge in [0.2, 0.25) is 5.91 Å². The molecule has 3 aromatic rings. The molecule has 3 rings (SSSR count). The number of benzene rings is 2. The monoisotopic (exact) mass is 377 g/mol. The SMILES string of the molecule is CCn1c(C(=O)N(C)CC(=O)Nc2c(C)cc(C)cc2C)cc2ccccc21. The lowest BCUT2D eigenvalue weighted by atomic mass is 10.1. The number of aryl methyl sites for hydroxylation is 4. The smallest absolute Gasteiger partial charge is 0.270 e. The summed E-state index contributed by atoms with van der Waals surface area (Å²) in [7, 11) is 1.66. The van der Waals surface area contributed by atoms with Gasteiger partial charge in [-0.3, -0.25) is 9.59 Å². The van der Waals surface area contributed by atoms with E-state index in [-0.39, 0.29) is 18.4 Å². The fraction of sp³-hybridized carbons (Fsp3) is 0.304. The Morgan fingerprint density at radius 2 is 1.68 bits per heavy atom. The van der Waals surface area contributed by atoms with Gasteiger partial charge >= 0.3 is 0 Å². The van der Waals surface area contributed by atoms with Crippen LogP contribution in [0.1, 0.15) is 34.1 Å². The third kappa shape index (κ3) is 3.79. The Labute approximate surface area is 166 Å². The first-order valence-corrected chi connectivity index (χ1v) is 9.53. The molecule has 5 nitrogen and oxygen atoms in total. The summed E-state index contributed by atoms with van der Waals surface area (Å²) < 4.78 is 1.99. The summed E-state index contributed by atoms with van der Waals surface area (Å²) in [5, 5.41) is 3.98. The third-order valence-electron chi connectivity index (χ3n) is 5.01. The molecule has 0 saturated carbocycles. The first kappa shape index (κ1) is 19.7. The summed E-state index contributed by atoms with van der Waals surface area (Å²) in [4.78, 5) is 27.0. The molecule has 28 heavy (non-hydrogen) atoms. The highest BCUT2D eigenvalue weighted by Crippen LogP contribution is 2.23. The number of nitrogens with zero attached hydrogens (tertiary/aromatic N) is 2. The van der Waals surface area contributed by atoms with Crippen molar-refractivity contribution in [2.24, 2.45) is 0 Å². The highest BCUT2D eigenvalue weighted by Gasteiger charge is 2.20. The van der Waals surface area contributed by atoms with Crippen molar-refractivity contribution in [3.63, 3.8) is 0 Å². The molecule has 0 aliphatic rings. The summed E-state index contributed by atoms with van der Waals surface area (Å²) in [6.45, 7) is 8.69. The van der Waals surface area contributed by atoms with Crippen LogP contribution in [0.2, 0.25) is 0 Å². The second-order valence-corrected chi connectivity index (χ2v) is 7.32. The van der Waals surface area contributed by atoms with Gasteiger partial charge in [-0.05, 0) is 51.0 Å². The van der Waals surface area contributed by atoms with E-state index in [0.717, 1.165) is 33.3 Å². The number of hydrogen-bond donors (Lipinski definition) is 1. The van der Waals surface area contributed by atoms with Crippen LogP contribution in [0.3, 0.4) is 0 Å². The van der Waals surface area contributed by atoms with E-state index in [1.807, 2.05) is 74.7 Å². The Morgan fingerprint density at radius 1 is 1.04 bits per heavy atom. The Hall–Kier alpha value is -3.08. The van der Waals surface area contributed by atoms with E-state index in [2.05, 4.69) is 5.32 Å². The Morgan fingerprint density at radius 3 is 2.32 bits per heavy atom. The maximum absolute atomic E-state index is 13.0. The number of likely N-dealkylation sites (N-methyl/N-ethyl adjacent to an activating group) is 1. The number of hydrogen-bond acceptors (Lipinski definition) is 2. The second-order valence-electron chi connectivity index (χ2n) is 7.32. The number of fused-ring (bicyclic) bond motifs is 1. The first-order valence-electron chi connectivity index (χ1n) is 9.53. The zero-order valence-corrected chi connectivity index (χ0v) is 17.2. The van der Waals surface area contributed by atoms with Crippen LogP contribution in [0.25, 0.3) is 10.9 Å². The molecule has 0 radical (unpaired) electrons. The number of carbonyl (C=O) groups excluding carboxylic acids is 2. The van der Waals surface area contributed by atoms with E-state index in [1.165, 1.54) is 4.90 Å². The average Bonchev–Trinajstić information content (AvgIpc) is 3.02. The van der Waals surface area contributed by atoms with Crippen LogP contribution in [0.5, 0.6) is 0 Å². The van der Waals surface area contributed by atoms with Gasteiger partial charge in [-0.2, -0.15) is 0 Å². The zero-order chi connectivity index (χ0) is 20.4. The summed E-state index contributed by atoms with van der Waals surface area (Å²) >= 11 is 0. The van der Waals surface area contributed by atoms with E-state index in [0.29, 0.717) is 12.2 Å². The molecule has 0 aliphatic carbocycles. The molecule has 1 N–H and O–H groups in total. The number of amides is 2. The summed E-state index contributed by atoms with van der Waals surface area (Å²) in [5.74, 6) is -0.365. The fourth-order valence-corrected chi connectivity index (χ4v) is 3.77. The minimum atomic E-state index is -0.204. The van der Waals surface area contributed by atoms with Gasteiger partial charge in [0.15, 0.2) is 0 Å². The number of aromatic nitrogens is 1. The molecule has 0 fully saturated rings. The normalized spacial score (nSPS) is 10.9. The van der Waals surface area contributed by atoms with Crippen molar-refractivity contribution in [3.05, 3.63) is 64.8 Å². The first-order chi connectivity index (χ1) is 13.3. The van der Waals surface area contributed by atoms with Crippen molar-refractivity contribution >= 4 is 28.4 Å². The van der Waals surface area contributed by atoms with Gasteiger partial charge < -0.3 is 14.8 Å². The molecule has 2 aromatic carbocycles. The molecule has 0 bridgehead atoms. The Kier molecular flexibility index (Phi) is 5.54. The van der Waals surface area contributed by atoms with Crippen LogP contribution in [0.15, 0.2) is 42.5 Å². The molecule has 0 saturated heterocycles. The van der Waals surface area contributed by atoms with E-state index >= 15 is 0 Å². The number of para-hydroxylation sites is 1. The molecular weight excluding hydrogens is 350 g/mol. The number of rotatable bonds is 5. The molecule has 0 unspecified atom stereocenters. The Bertz CT molecular complexity index is 1030. The van der Waals surface area contributed by atoms with Gasteiger partial charge in [0.05, 0.1) is 6.54 Å². The van der Waals surface area contributed by atoms with Gasteiger partial charge in [-0.15, -0.1) is 0 Å². The van der Waals surface area contributed by atoms with Crippen molar-refractivity contribution < 1.29 is 9.59 Å². The van der Waals surface area contributed by atoms with Crippen molar-refractivity contribution in [2.45, 2.75) is 34.2 Å². The number of nitrogens with one attached hydrogen (secondary N) is 1. The topological polar surface area (TPSA) is 54.3 Å². The molecular formula is C23H27N3O2. The highest BCUT2D eigenvalue weighted by molar-refractivity contribution is 6.02. The van der Waals surface area contributed by atoms with Gasteiger partial charge in [0.1, 0.15) is 5.69 Å². The summed E-state index contributed by atoms with van der Waals surface area (Å²) in [6, 6.07) is 13.9. The average molecular weight is 377 g/mol. The highest BCUT2D eigenvalue weighted by atomic mass is 16.2. The van der Waals surface area contributed by atoms with E-state index in [9.17, 15) is 9.59 Å². The molecule has 0 spiro atoms. The minimum Gasteiger partial charge on any atom is -0.337 e. The molecule has 1 aromatic heterocycles. The largest absolute Gasteiger partial charge is 0.337 e. The van der Waals surface area contributed by atoms with E-state index < -0.39 is 0 Å². The van der Waals surface area contributed by atoms with Crippen molar-refractivity contribution in [1.82, 2.24) is 9.47 Å². The summed E-state index contributed by atoms with van der Waals surface area (Å²) in [6.07, 6.45) is 0. The van der Waals surface area contributed by atoms with Crippen LogP contribution in [-0.2, 0) is 11.3 Å². The standard InChI is InChI=1S/C23H27N3O2/c1-6-26-19-10-8-7-9-18(19)13-20(26)23(28)25(5)14-21(27)24-22-16(3)11-15(2)12-17(22)4/h7-13H,6,14H2,1-5H3,(H,24,27). The predicted molar refractivity (Wildman–Crippen MR) is 114 cm³/mol. The quantitative estimate of drug-likeness (QED) is 0.721. The van der Waals surface area contributed by atoms with Crippen LogP contribution in [0, 0.1) is 20.8 Å². The van der Waals surface area contributed by atoms with Crippen molar-refractivity contribution in [2.75, 3.05) is 18.9 Å².